The molecule has 6 nitrogen and oxygen atoms in total. The van der Waals surface area contributed by atoms with E-state index in [1.165, 1.54) is 12.5 Å². The van der Waals surface area contributed by atoms with Crippen LogP contribution in [-0.2, 0) is 12.8 Å². The number of carbonyl (C=O) groups is 1. The van der Waals surface area contributed by atoms with Crippen molar-refractivity contribution in [3.63, 3.8) is 0 Å². The van der Waals surface area contributed by atoms with Gasteiger partial charge in [-0.15, -0.1) is 0 Å². The molecule has 0 aliphatic heterocycles. The van der Waals surface area contributed by atoms with Crippen LogP contribution in [0.1, 0.15) is 40.3 Å². The molecule has 3 aromatic rings. The van der Waals surface area contributed by atoms with Crippen LogP contribution in [0.3, 0.4) is 0 Å². The Hall–Kier alpha value is -3.02. The predicted octanol–water partition coefficient (Wildman–Crippen LogP) is 3.37. The minimum absolute atomic E-state index is 0.104. The number of phenols is 1. The van der Waals surface area contributed by atoms with Crippen LogP contribution >= 0.6 is 0 Å². The molecule has 0 saturated heterocycles. The van der Waals surface area contributed by atoms with E-state index in [9.17, 15) is 9.90 Å². The number of hydrazone groups is 1. The van der Waals surface area contributed by atoms with E-state index in [2.05, 4.69) is 10.5 Å². The molecule has 0 fully saturated rings. The first-order valence-electron chi connectivity index (χ1n) is 7.87. The number of hydrogen-bond donors (Lipinski definition) is 2. The summed E-state index contributed by atoms with van der Waals surface area (Å²) in [6, 6.07) is 6.52. The van der Waals surface area contributed by atoms with Gasteiger partial charge in [0.05, 0.1) is 12.5 Å². The van der Waals surface area contributed by atoms with Gasteiger partial charge in [-0.2, -0.15) is 5.10 Å². The van der Waals surface area contributed by atoms with Crippen molar-refractivity contribution in [3.05, 3.63) is 53.2 Å². The van der Waals surface area contributed by atoms with Crippen LogP contribution < -0.4 is 5.43 Å². The van der Waals surface area contributed by atoms with Crippen LogP contribution in [0, 0.1) is 0 Å². The lowest BCUT2D eigenvalue weighted by molar-refractivity contribution is 0.0927. The number of hydrogen-bond acceptors (Lipinski definition) is 5. The highest BCUT2D eigenvalue weighted by atomic mass is 16.3. The first-order chi connectivity index (χ1) is 11.7. The van der Waals surface area contributed by atoms with Crippen LogP contribution in [-0.4, -0.2) is 17.2 Å². The number of aryl methyl sites for hydroxylation is 2. The maximum Gasteiger partial charge on any atom is 0.307 e. The molecule has 0 bridgehead atoms. The molecule has 1 aliphatic carbocycles. The van der Waals surface area contributed by atoms with Crippen molar-refractivity contribution >= 4 is 23.1 Å². The van der Waals surface area contributed by atoms with Crippen LogP contribution in [0.15, 0.2) is 44.5 Å². The fourth-order valence-corrected chi connectivity index (χ4v) is 3.12. The molecular formula is C18H16N2O4. The van der Waals surface area contributed by atoms with Crippen LogP contribution in [0.2, 0.25) is 0 Å². The van der Waals surface area contributed by atoms with Crippen molar-refractivity contribution in [1.82, 2.24) is 5.43 Å². The van der Waals surface area contributed by atoms with Gasteiger partial charge < -0.3 is 13.9 Å². The monoisotopic (exact) mass is 324 g/mol. The second-order valence-electron chi connectivity index (χ2n) is 5.76. The molecule has 2 heterocycles. The van der Waals surface area contributed by atoms with Crippen molar-refractivity contribution in [2.45, 2.75) is 25.7 Å². The Balaban J connectivity index is 1.68. The lowest BCUT2D eigenvalue weighted by atomic mass is 9.94. The van der Waals surface area contributed by atoms with Crippen molar-refractivity contribution in [1.29, 1.82) is 0 Å². The van der Waals surface area contributed by atoms with E-state index in [4.69, 9.17) is 8.83 Å². The second kappa shape index (κ2) is 5.88. The number of carbonyl (C=O) groups excluding carboxylic acids is 1. The molecule has 0 atom stereocenters. The lowest BCUT2D eigenvalue weighted by Gasteiger charge is -2.09. The molecule has 4 rings (SSSR count). The van der Waals surface area contributed by atoms with E-state index in [1.807, 2.05) is 0 Å². The molecule has 24 heavy (non-hydrogen) atoms. The summed E-state index contributed by atoms with van der Waals surface area (Å²) in [6.07, 6.45) is 6.92. The molecule has 2 N–H and O–H groups in total. The molecule has 1 aliphatic rings. The Bertz CT molecular complexity index is 922. The number of fused-ring (bicyclic) bond motifs is 3. The van der Waals surface area contributed by atoms with E-state index in [0.717, 1.165) is 48.0 Å². The zero-order valence-corrected chi connectivity index (χ0v) is 12.9. The summed E-state index contributed by atoms with van der Waals surface area (Å²) < 4.78 is 10.9. The fourth-order valence-electron chi connectivity index (χ4n) is 3.12. The quantitative estimate of drug-likeness (QED) is 0.571. The number of phenolic OH excluding ortho intramolecular Hbond substituents is 1. The highest BCUT2D eigenvalue weighted by Crippen LogP contribution is 2.36. The van der Waals surface area contributed by atoms with Crippen molar-refractivity contribution in [2.24, 2.45) is 5.10 Å². The van der Waals surface area contributed by atoms with Crippen molar-refractivity contribution in [3.8, 4) is 5.75 Å². The van der Waals surface area contributed by atoms with Gasteiger partial charge in [0.15, 0.2) is 5.76 Å². The van der Waals surface area contributed by atoms with Gasteiger partial charge in [0, 0.05) is 22.9 Å². The SMILES string of the molecule is O=C(NN=Cc1c(O)ccc2oc3c(c12)CCCC3)c1ccco1. The van der Waals surface area contributed by atoms with Crippen molar-refractivity contribution in [2.75, 3.05) is 0 Å². The Kier molecular flexibility index (Phi) is 3.57. The standard InChI is InChI=1S/C18H16N2O4/c21-13-7-8-15-17(11-4-1-2-5-14(11)24-15)12(13)10-19-20-18(22)16-6-3-9-23-16/h3,6-10,21H,1-2,4-5H2,(H,20,22). The third kappa shape index (κ3) is 2.46. The molecule has 122 valence electrons. The van der Waals surface area contributed by atoms with Gasteiger partial charge >= 0.3 is 5.91 Å². The van der Waals surface area contributed by atoms with Gasteiger partial charge in [0.25, 0.3) is 0 Å². The first kappa shape index (κ1) is 14.6. The molecule has 6 heteroatoms. The minimum atomic E-state index is -0.447. The minimum Gasteiger partial charge on any atom is -0.507 e. The summed E-state index contributed by atoms with van der Waals surface area (Å²) in [6.45, 7) is 0. The van der Waals surface area contributed by atoms with Gasteiger partial charge in [-0.25, -0.2) is 5.43 Å². The molecular weight excluding hydrogens is 308 g/mol. The number of benzene rings is 1. The van der Waals surface area contributed by atoms with Crippen LogP contribution in [0.25, 0.3) is 11.0 Å². The first-order valence-corrected chi connectivity index (χ1v) is 7.87. The molecule has 0 spiro atoms. The highest BCUT2D eigenvalue weighted by molar-refractivity contribution is 6.03. The maximum atomic E-state index is 11.8. The van der Waals surface area contributed by atoms with E-state index in [-0.39, 0.29) is 11.5 Å². The van der Waals surface area contributed by atoms with E-state index in [1.54, 1.807) is 24.3 Å². The van der Waals surface area contributed by atoms with E-state index < -0.39 is 5.91 Å². The number of nitrogens with one attached hydrogen (secondary N) is 1. The largest absolute Gasteiger partial charge is 0.507 e. The Morgan fingerprint density at radius 3 is 2.96 bits per heavy atom. The molecule has 0 unspecified atom stereocenters. The third-order valence-corrected chi connectivity index (χ3v) is 4.24. The number of nitrogens with zero attached hydrogens (tertiary/aromatic N) is 1. The topological polar surface area (TPSA) is 88.0 Å². The smallest absolute Gasteiger partial charge is 0.307 e. The number of aromatic hydroxyl groups is 1. The van der Waals surface area contributed by atoms with E-state index >= 15 is 0 Å². The summed E-state index contributed by atoms with van der Waals surface area (Å²) in [5, 5.41) is 15.0. The van der Waals surface area contributed by atoms with Gasteiger partial charge in [-0.1, -0.05) is 0 Å². The van der Waals surface area contributed by atoms with Crippen LogP contribution in [0.4, 0.5) is 0 Å². The van der Waals surface area contributed by atoms with E-state index in [0.29, 0.717) is 5.56 Å². The zero-order valence-electron chi connectivity index (χ0n) is 12.9. The number of rotatable bonds is 3. The second-order valence-corrected chi connectivity index (χ2v) is 5.76. The summed E-state index contributed by atoms with van der Waals surface area (Å²) >= 11 is 0. The predicted molar refractivity (Wildman–Crippen MR) is 88.3 cm³/mol. The Labute approximate surface area is 137 Å². The normalized spacial score (nSPS) is 14.2. The lowest BCUT2D eigenvalue weighted by Crippen LogP contribution is -2.16. The number of amides is 1. The Morgan fingerprint density at radius 1 is 1.25 bits per heavy atom. The molecule has 0 radical (unpaired) electrons. The summed E-state index contributed by atoms with van der Waals surface area (Å²) in [7, 11) is 0. The molecule has 1 aromatic carbocycles. The maximum absolute atomic E-state index is 11.8. The average molecular weight is 324 g/mol. The van der Waals surface area contributed by atoms with Gasteiger partial charge in [-0.3, -0.25) is 4.79 Å². The highest BCUT2D eigenvalue weighted by Gasteiger charge is 2.21. The summed E-state index contributed by atoms with van der Waals surface area (Å²) in [5.41, 5.74) is 4.81. The average Bonchev–Trinajstić information content (AvgIpc) is 3.24. The number of furan rings is 2. The third-order valence-electron chi connectivity index (χ3n) is 4.24. The fraction of sp³-hybridized carbons (Fsp3) is 0.222. The molecule has 2 aromatic heterocycles. The summed E-state index contributed by atoms with van der Waals surface area (Å²) in [4.78, 5) is 11.8. The van der Waals surface area contributed by atoms with Gasteiger partial charge in [0.1, 0.15) is 17.1 Å². The summed E-state index contributed by atoms with van der Waals surface area (Å²) in [5.74, 6) is 0.816. The van der Waals surface area contributed by atoms with Gasteiger partial charge in [-0.05, 0) is 43.5 Å². The van der Waals surface area contributed by atoms with Gasteiger partial charge in [0.2, 0.25) is 0 Å². The molecule has 0 saturated carbocycles. The zero-order chi connectivity index (χ0) is 16.5. The van der Waals surface area contributed by atoms with Crippen molar-refractivity contribution < 1.29 is 18.7 Å². The Morgan fingerprint density at radius 2 is 2.12 bits per heavy atom. The molecule has 1 amide bonds. The van der Waals surface area contributed by atoms with Crippen LogP contribution in [0.5, 0.6) is 5.75 Å².